The average Bonchev–Trinajstić information content (AvgIpc) is 2.20. The summed E-state index contributed by atoms with van der Waals surface area (Å²) in [5.41, 5.74) is 14.5. The Bertz CT molecular complexity index is 466. The standard InChI is InChI=1S/C10H16N6O2/c1-10(17,18)15-7-2-3-8(11)6(4-7)5-14-16-9(12)13/h2-5,15,17-18H,11H2,1H3,(H4,12,13,16)/b14-5+. The molecular weight excluding hydrogens is 236 g/mol. The van der Waals surface area contributed by atoms with Crippen LogP contribution in [0.1, 0.15) is 12.5 Å². The number of nitrogens with one attached hydrogen (secondary N) is 3. The first kappa shape index (κ1) is 13.7. The lowest BCUT2D eigenvalue weighted by atomic mass is 10.1. The summed E-state index contributed by atoms with van der Waals surface area (Å²) in [6.07, 6.45) is 1.37. The lowest BCUT2D eigenvalue weighted by molar-refractivity contribution is -0.118. The summed E-state index contributed by atoms with van der Waals surface area (Å²) in [6.45, 7) is 1.19. The van der Waals surface area contributed by atoms with Gasteiger partial charge in [0.2, 0.25) is 11.9 Å². The van der Waals surface area contributed by atoms with Gasteiger partial charge in [0, 0.05) is 23.9 Å². The van der Waals surface area contributed by atoms with Gasteiger partial charge in [-0.1, -0.05) is 0 Å². The largest absolute Gasteiger partial charge is 0.398 e. The van der Waals surface area contributed by atoms with Gasteiger partial charge in [0.25, 0.3) is 0 Å². The molecular formula is C10H16N6O2. The molecule has 0 amide bonds. The zero-order valence-electron chi connectivity index (χ0n) is 9.81. The molecule has 0 unspecified atom stereocenters. The molecule has 8 heteroatoms. The predicted molar refractivity (Wildman–Crippen MR) is 70.0 cm³/mol. The maximum absolute atomic E-state index is 9.20. The van der Waals surface area contributed by atoms with Gasteiger partial charge in [-0.25, -0.2) is 5.43 Å². The normalized spacial score (nSPS) is 11.5. The van der Waals surface area contributed by atoms with Crippen LogP contribution < -0.4 is 22.2 Å². The van der Waals surface area contributed by atoms with Crippen molar-refractivity contribution in [3.8, 4) is 0 Å². The van der Waals surface area contributed by atoms with E-state index in [1.54, 1.807) is 18.2 Å². The van der Waals surface area contributed by atoms with E-state index in [9.17, 15) is 10.2 Å². The van der Waals surface area contributed by atoms with E-state index in [-0.39, 0.29) is 5.96 Å². The lowest BCUT2D eigenvalue weighted by Gasteiger charge is -2.19. The van der Waals surface area contributed by atoms with E-state index < -0.39 is 5.91 Å². The Hall–Kier alpha value is -2.32. The molecule has 98 valence electrons. The number of nitrogens with two attached hydrogens (primary N) is 2. The molecule has 0 radical (unpaired) electrons. The minimum absolute atomic E-state index is 0.294. The molecule has 0 saturated carbocycles. The SMILES string of the molecule is CC(O)(O)Nc1ccc(N)c(/C=N/NC(=N)N)c1. The summed E-state index contributed by atoms with van der Waals surface area (Å²) in [4.78, 5) is 0. The summed E-state index contributed by atoms with van der Waals surface area (Å²) in [5.74, 6) is -2.32. The second-order valence-corrected chi connectivity index (χ2v) is 3.77. The summed E-state index contributed by atoms with van der Waals surface area (Å²) in [7, 11) is 0. The van der Waals surface area contributed by atoms with Gasteiger partial charge in [0.1, 0.15) is 0 Å². The van der Waals surface area contributed by atoms with Gasteiger partial charge in [-0.3, -0.25) is 5.41 Å². The minimum Gasteiger partial charge on any atom is -0.398 e. The third-order valence-electron chi connectivity index (χ3n) is 1.86. The number of hydrazone groups is 1. The fraction of sp³-hybridized carbons (Fsp3) is 0.200. The lowest BCUT2D eigenvalue weighted by Crippen LogP contribution is -2.33. The number of rotatable bonds is 4. The summed E-state index contributed by atoms with van der Waals surface area (Å²) < 4.78 is 0. The van der Waals surface area contributed by atoms with Crippen LogP contribution in [-0.2, 0) is 0 Å². The molecule has 0 saturated heterocycles. The predicted octanol–water partition coefficient (Wildman–Crippen LogP) is -0.844. The van der Waals surface area contributed by atoms with Gasteiger partial charge in [-0.05, 0) is 18.2 Å². The molecule has 1 aromatic carbocycles. The quantitative estimate of drug-likeness (QED) is 0.122. The molecule has 0 aliphatic heterocycles. The van der Waals surface area contributed by atoms with Crippen molar-refractivity contribution in [3.63, 3.8) is 0 Å². The molecule has 0 bridgehead atoms. The molecule has 8 nitrogen and oxygen atoms in total. The van der Waals surface area contributed by atoms with Crippen LogP contribution in [0.5, 0.6) is 0 Å². The van der Waals surface area contributed by atoms with Gasteiger partial charge in [-0.15, -0.1) is 0 Å². The molecule has 0 atom stereocenters. The first-order valence-corrected chi connectivity index (χ1v) is 5.03. The van der Waals surface area contributed by atoms with Crippen molar-refractivity contribution < 1.29 is 10.2 Å². The Kier molecular flexibility index (Phi) is 4.08. The molecule has 0 aliphatic carbocycles. The second-order valence-electron chi connectivity index (χ2n) is 3.77. The van der Waals surface area contributed by atoms with E-state index in [4.69, 9.17) is 16.9 Å². The topological polar surface area (TPSA) is 153 Å². The van der Waals surface area contributed by atoms with Crippen LogP contribution in [0.4, 0.5) is 11.4 Å². The monoisotopic (exact) mass is 252 g/mol. The number of nitrogen functional groups attached to an aromatic ring is 1. The van der Waals surface area contributed by atoms with Gasteiger partial charge in [-0.2, -0.15) is 5.10 Å². The number of anilines is 2. The van der Waals surface area contributed by atoms with Crippen LogP contribution in [0.15, 0.2) is 23.3 Å². The number of nitrogens with zero attached hydrogens (tertiary/aromatic N) is 1. The third-order valence-corrected chi connectivity index (χ3v) is 1.86. The van der Waals surface area contributed by atoms with E-state index in [0.717, 1.165) is 0 Å². The molecule has 1 rings (SSSR count). The average molecular weight is 252 g/mol. The van der Waals surface area contributed by atoms with Crippen molar-refractivity contribution >= 4 is 23.5 Å². The van der Waals surface area contributed by atoms with Crippen LogP contribution >= 0.6 is 0 Å². The maximum Gasteiger partial charge on any atom is 0.241 e. The highest BCUT2D eigenvalue weighted by Crippen LogP contribution is 2.18. The summed E-state index contributed by atoms with van der Waals surface area (Å²) >= 11 is 0. The zero-order valence-corrected chi connectivity index (χ0v) is 9.81. The number of hydrogen-bond donors (Lipinski definition) is 7. The van der Waals surface area contributed by atoms with E-state index in [1.165, 1.54) is 13.1 Å². The zero-order chi connectivity index (χ0) is 13.8. The molecule has 0 heterocycles. The number of guanidine groups is 1. The van der Waals surface area contributed by atoms with Gasteiger partial charge >= 0.3 is 0 Å². The van der Waals surface area contributed by atoms with E-state index in [2.05, 4.69) is 15.8 Å². The van der Waals surface area contributed by atoms with Crippen LogP contribution in [0.25, 0.3) is 0 Å². The fourth-order valence-corrected chi connectivity index (χ4v) is 1.21. The Morgan fingerprint density at radius 3 is 2.72 bits per heavy atom. The van der Waals surface area contributed by atoms with Crippen molar-refractivity contribution in [2.75, 3.05) is 11.1 Å². The van der Waals surface area contributed by atoms with E-state index in [1.807, 2.05) is 0 Å². The van der Waals surface area contributed by atoms with Crippen LogP contribution in [0.2, 0.25) is 0 Å². The Morgan fingerprint density at radius 1 is 1.50 bits per heavy atom. The molecule has 0 aromatic heterocycles. The van der Waals surface area contributed by atoms with Crippen LogP contribution in [0, 0.1) is 5.41 Å². The van der Waals surface area contributed by atoms with Crippen molar-refractivity contribution in [3.05, 3.63) is 23.8 Å². The number of hydrogen-bond acceptors (Lipinski definition) is 6. The fourth-order valence-electron chi connectivity index (χ4n) is 1.21. The van der Waals surface area contributed by atoms with Crippen LogP contribution in [-0.4, -0.2) is 28.3 Å². The summed E-state index contributed by atoms with van der Waals surface area (Å²) in [5, 5.41) is 31.5. The molecule has 1 aromatic rings. The van der Waals surface area contributed by atoms with Crippen molar-refractivity contribution in [1.82, 2.24) is 5.43 Å². The Morgan fingerprint density at radius 2 is 2.17 bits per heavy atom. The van der Waals surface area contributed by atoms with E-state index in [0.29, 0.717) is 16.9 Å². The van der Waals surface area contributed by atoms with Crippen LogP contribution in [0.3, 0.4) is 0 Å². The van der Waals surface area contributed by atoms with Crippen molar-refractivity contribution in [1.29, 1.82) is 5.41 Å². The second kappa shape index (κ2) is 5.34. The molecule has 0 fully saturated rings. The smallest absolute Gasteiger partial charge is 0.241 e. The number of benzene rings is 1. The highest BCUT2D eigenvalue weighted by molar-refractivity contribution is 5.89. The Labute approximate surface area is 104 Å². The summed E-state index contributed by atoms with van der Waals surface area (Å²) in [6, 6.07) is 4.75. The van der Waals surface area contributed by atoms with Crippen molar-refractivity contribution in [2.24, 2.45) is 10.8 Å². The minimum atomic E-state index is -2.03. The van der Waals surface area contributed by atoms with E-state index >= 15 is 0 Å². The highest BCUT2D eigenvalue weighted by Gasteiger charge is 2.14. The highest BCUT2D eigenvalue weighted by atomic mass is 16.5. The maximum atomic E-state index is 9.20. The molecule has 18 heavy (non-hydrogen) atoms. The van der Waals surface area contributed by atoms with Gasteiger partial charge in [0.15, 0.2) is 0 Å². The molecule has 9 N–H and O–H groups in total. The first-order valence-electron chi connectivity index (χ1n) is 5.03. The Balaban J connectivity index is 2.88. The third kappa shape index (κ3) is 4.68. The van der Waals surface area contributed by atoms with Gasteiger partial charge in [0.05, 0.1) is 6.21 Å². The number of aliphatic hydroxyl groups is 2. The van der Waals surface area contributed by atoms with Crippen molar-refractivity contribution in [2.45, 2.75) is 12.8 Å². The molecule has 0 aliphatic rings. The molecule has 0 spiro atoms. The first-order chi connectivity index (χ1) is 8.28. The van der Waals surface area contributed by atoms with Gasteiger partial charge < -0.3 is 27.0 Å².